The van der Waals surface area contributed by atoms with Gasteiger partial charge in [-0.15, -0.1) is 0 Å². The zero-order valence-electron chi connectivity index (χ0n) is 9.84. The van der Waals surface area contributed by atoms with Gasteiger partial charge in [-0.05, 0) is 18.2 Å². The van der Waals surface area contributed by atoms with Crippen molar-refractivity contribution < 1.29 is 4.42 Å². The smallest absolute Gasteiger partial charge is 0.231 e. The maximum atomic E-state index is 5.76. The van der Waals surface area contributed by atoms with Crippen molar-refractivity contribution >= 4 is 22.6 Å². The topological polar surface area (TPSA) is 77.0 Å². The molecule has 98 valence electrons. The zero-order chi connectivity index (χ0) is 12.5. The Morgan fingerprint density at radius 2 is 2.05 bits per heavy atom. The van der Waals surface area contributed by atoms with Gasteiger partial charge in [0.2, 0.25) is 5.71 Å². The Morgan fingerprint density at radius 1 is 1.21 bits per heavy atom. The Bertz CT molecular complexity index is 705. The number of benzene rings is 1. The van der Waals surface area contributed by atoms with E-state index in [4.69, 9.17) is 10.2 Å². The molecular weight excluding hydrogens is 240 g/mol. The van der Waals surface area contributed by atoms with Crippen LogP contribution in [-0.2, 0) is 0 Å². The molecule has 1 aromatic carbocycles. The van der Waals surface area contributed by atoms with Crippen LogP contribution < -0.4 is 11.1 Å². The number of nitrogen functional groups attached to an aromatic ring is 1. The predicted octanol–water partition coefficient (Wildman–Crippen LogP) is 3.15. The van der Waals surface area contributed by atoms with E-state index < -0.39 is 0 Å². The van der Waals surface area contributed by atoms with E-state index >= 15 is 0 Å². The molecule has 2 heterocycles. The van der Waals surface area contributed by atoms with Crippen LogP contribution in [0.25, 0.3) is 22.4 Å². The fraction of sp³-hybridized carbons (Fsp3) is 0.143. The van der Waals surface area contributed by atoms with Crippen LogP contribution in [0.3, 0.4) is 0 Å². The van der Waals surface area contributed by atoms with Gasteiger partial charge in [0.15, 0.2) is 0 Å². The van der Waals surface area contributed by atoms with E-state index in [0.29, 0.717) is 11.4 Å². The highest BCUT2D eigenvalue weighted by atomic mass is 16.3. The van der Waals surface area contributed by atoms with Gasteiger partial charge in [0.1, 0.15) is 17.9 Å². The van der Waals surface area contributed by atoms with Gasteiger partial charge in [0.25, 0.3) is 0 Å². The summed E-state index contributed by atoms with van der Waals surface area (Å²) in [5.41, 5.74) is 7.95. The molecule has 0 aliphatic rings. The molecular formula is C14H16N4O. The molecule has 0 aliphatic heterocycles. The number of nitrogens with zero attached hydrogens (tertiary/aromatic N) is 2. The number of hydrogen-bond donors (Lipinski definition) is 2. The van der Waals surface area contributed by atoms with E-state index in [9.17, 15) is 0 Å². The summed E-state index contributed by atoms with van der Waals surface area (Å²) in [5, 5.41) is 3.87. The lowest BCUT2D eigenvalue weighted by Gasteiger charge is -1.97. The molecule has 0 atom stereocenters. The number of furan rings is 1. The highest BCUT2D eigenvalue weighted by Crippen LogP contribution is 2.30. The summed E-state index contributed by atoms with van der Waals surface area (Å²) in [6.45, 7) is 0. The standard InChI is InChI=1S/C13H12N4O.CH4/c1-15-12-10-6-11(18-13(10)17-7-16-12)8-3-2-4-9(14)5-8;/h2-7H,14H2,1H3,(H,15,16,17);1H4. The highest BCUT2D eigenvalue weighted by molar-refractivity contribution is 5.89. The van der Waals surface area contributed by atoms with Gasteiger partial charge >= 0.3 is 0 Å². The van der Waals surface area contributed by atoms with Crippen molar-refractivity contribution in [2.24, 2.45) is 0 Å². The van der Waals surface area contributed by atoms with Gasteiger partial charge in [-0.25, -0.2) is 9.97 Å². The summed E-state index contributed by atoms with van der Waals surface area (Å²) in [4.78, 5) is 8.25. The van der Waals surface area contributed by atoms with Crippen LogP contribution in [0.5, 0.6) is 0 Å². The van der Waals surface area contributed by atoms with Crippen LogP contribution >= 0.6 is 0 Å². The first-order valence-corrected chi connectivity index (χ1v) is 5.56. The zero-order valence-corrected chi connectivity index (χ0v) is 9.84. The van der Waals surface area contributed by atoms with Gasteiger partial charge in [-0.2, -0.15) is 0 Å². The van der Waals surface area contributed by atoms with Crippen LogP contribution in [0.2, 0.25) is 0 Å². The van der Waals surface area contributed by atoms with Crippen LogP contribution in [0.15, 0.2) is 41.1 Å². The Labute approximate surface area is 111 Å². The third kappa shape index (κ3) is 2.22. The van der Waals surface area contributed by atoms with Gasteiger partial charge in [0.05, 0.1) is 5.39 Å². The third-order valence-corrected chi connectivity index (χ3v) is 2.74. The van der Waals surface area contributed by atoms with Gasteiger partial charge in [0, 0.05) is 18.3 Å². The van der Waals surface area contributed by atoms with Crippen LogP contribution in [0.4, 0.5) is 11.5 Å². The number of nitrogens with one attached hydrogen (secondary N) is 1. The fourth-order valence-corrected chi connectivity index (χ4v) is 1.89. The minimum absolute atomic E-state index is 0. The minimum atomic E-state index is 0. The van der Waals surface area contributed by atoms with Crippen molar-refractivity contribution in [1.82, 2.24) is 9.97 Å². The lowest BCUT2D eigenvalue weighted by Crippen LogP contribution is -1.92. The Kier molecular flexibility index (Phi) is 3.37. The molecule has 0 spiro atoms. The Morgan fingerprint density at radius 3 is 2.79 bits per heavy atom. The summed E-state index contributed by atoms with van der Waals surface area (Å²) >= 11 is 0. The summed E-state index contributed by atoms with van der Waals surface area (Å²) in [6.07, 6.45) is 1.47. The molecule has 0 amide bonds. The SMILES string of the molecule is C.CNc1ncnc2oc(-c3cccc(N)c3)cc12. The van der Waals surface area contributed by atoms with E-state index in [2.05, 4.69) is 15.3 Å². The Balaban J connectivity index is 0.00000133. The molecule has 2 aromatic heterocycles. The quantitative estimate of drug-likeness (QED) is 0.689. The molecule has 5 heteroatoms. The first-order valence-electron chi connectivity index (χ1n) is 5.56. The molecule has 3 N–H and O–H groups in total. The third-order valence-electron chi connectivity index (χ3n) is 2.74. The van der Waals surface area contributed by atoms with Crippen molar-refractivity contribution in [2.45, 2.75) is 7.43 Å². The first kappa shape index (κ1) is 12.9. The number of fused-ring (bicyclic) bond motifs is 1. The van der Waals surface area contributed by atoms with Crippen LogP contribution in [-0.4, -0.2) is 17.0 Å². The summed E-state index contributed by atoms with van der Waals surface area (Å²) in [5.74, 6) is 1.48. The van der Waals surface area contributed by atoms with Crippen molar-refractivity contribution in [2.75, 3.05) is 18.1 Å². The molecule has 19 heavy (non-hydrogen) atoms. The molecule has 0 unspecified atom stereocenters. The van der Waals surface area contributed by atoms with Crippen molar-refractivity contribution in [3.05, 3.63) is 36.7 Å². The number of nitrogens with two attached hydrogens (primary N) is 1. The number of hydrogen-bond acceptors (Lipinski definition) is 5. The predicted molar refractivity (Wildman–Crippen MR) is 77.9 cm³/mol. The lowest BCUT2D eigenvalue weighted by molar-refractivity contribution is 0.617. The van der Waals surface area contributed by atoms with Gasteiger partial charge in [-0.1, -0.05) is 19.6 Å². The van der Waals surface area contributed by atoms with Crippen LogP contribution in [0, 0.1) is 0 Å². The molecule has 3 rings (SSSR count). The van der Waals surface area contributed by atoms with Gasteiger partial charge in [-0.3, -0.25) is 0 Å². The first-order chi connectivity index (χ1) is 8.78. The molecule has 5 nitrogen and oxygen atoms in total. The minimum Gasteiger partial charge on any atom is -0.438 e. The number of rotatable bonds is 2. The molecule has 0 bridgehead atoms. The van der Waals surface area contributed by atoms with E-state index in [0.717, 1.165) is 22.5 Å². The van der Waals surface area contributed by atoms with E-state index in [1.807, 2.05) is 37.4 Å². The molecule has 0 fully saturated rings. The van der Waals surface area contributed by atoms with Crippen molar-refractivity contribution in [3.8, 4) is 11.3 Å². The second-order valence-electron chi connectivity index (χ2n) is 3.93. The maximum absolute atomic E-state index is 5.76. The van der Waals surface area contributed by atoms with Gasteiger partial charge < -0.3 is 15.5 Å². The molecule has 0 saturated carbocycles. The average Bonchev–Trinajstić information content (AvgIpc) is 2.82. The number of anilines is 2. The van der Waals surface area contributed by atoms with Crippen molar-refractivity contribution in [1.29, 1.82) is 0 Å². The normalized spacial score (nSPS) is 10.2. The molecule has 3 aromatic rings. The summed E-state index contributed by atoms with van der Waals surface area (Å²) in [6, 6.07) is 9.45. The second kappa shape index (κ2) is 4.97. The Hall–Kier alpha value is -2.56. The van der Waals surface area contributed by atoms with E-state index in [-0.39, 0.29) is 7.43 Å². The molecule has 0 aliphatic carbocycles. The largest absolute Gasteiger partial charge is 0.438 e. The summed E-state index contributed by atoms with van der Waals surface area (Å²) in [7, 11) is 1.81. The second-order valence-corrected chi connectivity index (χ2v) is 3.93. The van der Waals surface area contributed by atoms with Crippen LogP contribution in [0.1, 0.15) is 7.43 Å². The van der Waals surface area contributed by atoms with E-state index in [1.54, 1.807) is 0 Å². The average molecular weight is 256 g/mol. The molecule has 0 radical (unpaired) electrons. The fourth-order valence-electron chi connectivity index (χ4n) is 1.89. The van der Waals surface area contributed by atoms with Crippen molar-refractivity contribution in [3.63, 3.8) is 0 Å². The summed E-state index contributed by atoms with van der Waals surface area (Å²) < 4.78 is 5.70. The molecule has 0 saturated heterocycles. The lowest BCUT2D eigenvalue weighted by atomic mass is 10.1. The number of aromatic nitrogens is 2. The van der Waals surface area contributed by atoms with E-state index in [1.165, 1.54) is 6.33 Å². The highest BCUT2D eigenvalue weighted by Gasteiger charge is 2.10. The monoisotopic (exact) mass is 256 g/mol. The maximum Gasteiger partial charge on any atom is 0.231 e.